The molecule has 0 aliphatic carbocycles. The number of amides is 1. The van der Waals surface area contributed by atoms with Crippen molar-refractivity contribution in [3.63, 3.8) is 0 Å². The Bertz CT molecular complexity index is 767. The number of pyridine rings is 1. The van der Waals surface area contributed by atoms with Crippen LogP contribution in [0.25, 0.3) is 0 Å². The van der Waals surface area contributed by atoms with Crippen molar-refractivity contribution in [3.8, 4) is 11.5 Å². The first-order valence-electron chi connectivity index (χ1n) is 7.19. The van der Waals surface area contributed by atoms with E-state index in [4.69, 9.17) is 9.47 Å². The summed E-state index contributed by atoms with van der Waals surface area (Å²) in [6.07, 6.45) is 0. The molecule has 122 valence electrons. The van der Waals surface area contributed by atoms with Gasteiger partial charge in [0.1, 0.15) is 17.1 Å². The van der Waals surface area contributed by atoms with Gasteiger partial charge < -0.3 is 19.8 Å². The van der Waals surface area contributed by atoms with Gasteiger partial charge in [0.05, 0.1) is 20.3 Å². The van der Waals surface area contributed by atoms with Crippen LogP contribution in [0.5, 0.6) is 11.5 Å². The minimum Gasteiger partial charge on any atom is -0.497 e. The summed E-state index contributed by atoms with van der Waals surface area (Å²) in [5.41, 5.74) is 1.13. The molecule has 1 heterocycles. The Hall–Kier alpha value is -2.76. The van der Waals surface area contributed by atoms with Crippen LogP contribution < -0.4 is 20.3 Å². The van der Waals surface area contributed by atoms with Crippen molar-refractivity contribution in [2.75, 3.05) is 14.2 Å². The number of hydrogen-bond donors (Lipinski definition) is 2. The maximum atomic E-state index is 12.3. The molecule has 1 aromatic heterocycles. The van der Waals surface area contributed by atoms with E-state index in [1.54, 1.807) is 45.4 Å². The molecular weight excluding hydrogens is 296 g/mol. The number of methoxy groups -OCH3 is 2. The Labute approximate surface area is 134 Å². The summed E-state index contributed by atoms with van der Waals surface area (Å²) >= 11 is 0. The van der Waals surface area contributed by atoms with Crippen molar-refractivity contribution in [1.29, 1.82) is 0 Å². The first-order chi connectivity index (χ1) is 11.0. The van der Waals surface area contributed by atoms with Gasteiger partial charge >= 0.3 is 0 Å². The number of aryl methyl sites for hydroxylation is 1. The number of aromatic amines is 1. The van der Waals surface area contributed by atoms with Crippen LogP contribution in [0.15, 0.2) is 35.1 Å². The summed E-state index contributed by atoms with van der Waals surface area (Å²) in [6.45, 7) is 3.57. The number of carbonyl (C=O) groups excluding carboxylic acids is 1. The minimum absolute atomic E-state index is 0.0734. The second-order valence-electron chi connectivity index (χ2n) is 5.19. The average molecular weight is 316 g/mol. The lowest BCUT2D eigenvalue weighted by Crippen LogP contribution is -2.31. The number of aromatic nitrogens is 1. The van der Waals surface area contributed by atoms with Gasteiger partial charge in [-0.05, 0) is 44.2 Å². The molecule has 0 saturated carbocycles. The predicted octanol–water partition coefficient (Wildman–Crippen LogP) is 2.19. The normalized spacial score (nSPS) is 11.7. The molecule has 23 heavy (non-hydrogen) atoms. The molecule has 1 amide bonds. The van der Waals surface area contributed by atoms with E-state index >= 15 is 0 Å². The SMILES string of the molecule is COc1ccc(OC)c([C@@H](C)NC(=O)c2ccc(C)[nH]c2=O)c1. The molecule has 6 heteroatoms. The zero-order valence-electron chi connectivity index (χ0n) is 13.6. The van der Waals surface area contributed by atoms with Crippen molar-refractivity contribution in [2.45, 2.75) is 19.9 Å². The van der Waals surface area contributed by atoms with Gasteiger partial charge in [-0.15, -0.1) is 0 Å². The van der Waals surface area contributed by atoms with E-state index in [0.717, 1.165) is 5.56 Å². The van der Waals surface area contributed by atoms with E-state index in [2.05, 4.69) is 10.3 Å². The lowest BCUT2D eigenvalue weighted by atomic mass is 10.1. The van der Waals surface area contributed by atoms with Gasteiger partial charge in [0.25, 0.3) is 11.5 Å². The molecule has 2 N–H and O–H groups in total. The predicted molar refractivity (Wildman–Crippen MR) is 87.2 cm³/mol. The topological polar surface area (TPSA) is 80.4 Å². The minimum atomic E-state index is -0.441. The lowest BCUT2D eigenvalue weighted by Gasteiger charge is -2.18. The third-order valence-corrected chi connectivity index (χ3v) is 3.55. The average Bonchev–Trinajstić information content (AvgIpc) is 2.53. The van der Waals surface area contributed by atoms with Gasteiger partial charge in [-0.25, -0.2) is 0 Å². The molecule has 0 saturated heterocycles. The monoisotopic (exact) mass is 316 g/mol. The Morgan fingerprint density at radius 2 is 1.91 bits per heavy atom. The second kappa shape index (κ2) is 7.00. The summed E-state index contributed by atoms with van der Waals surface area (Å²) in [7, 11) is 3.13. The van der Waals surface area contributed by atoms with Crippen molar-refractivity contribution in [2.24, 2.45) is 0 Å². The molecule has 0 aliphatic heterocycles. The highest BCUT2D eigenvalue weighted by atomic mass is 16.5. The molecule has 1 atom stereocenters. The van der Waals surface area contributed by atoms with Gasteiger partial charge in [0.15, 0.2) is 0 Å². The molecule has 0 bridgehead atoms. The van der Waals surface area contributed by atoms with Gasteiger partial charge in [-0.2, -0.15) is 0 Å². The highest BCUT2D eigenvalue weighted by molar-refractivity contribution is 5.94. The summed E-state index contributed by atoms with van der Waals surface area (Å²) in [5.74, 6) is 0.857. The Balaban J connectivity index is 2.26. The van der Waals surface area contributed by atoms with Crippen LogP contribution >= 0.6 is 0 Å². The molecule has 0 aliphatic rings. The number of hydrogen-bond acceptors (Lipinski definition) is 4. The van der Waals surface area contributed by atoms with Crippen LogP contribution in [-0.2, 0) is 0 Å². The van der Waals surface area contributed by atoms with Gasteiger partial charge in [0, 0.05) is 11.3 Å². The number of H-pyrrole nitrogens is 1. The van der Waals surface area contributed by atoms with Crippen molar-refractivity contribution >= 4 is 5.91 Å². The van der Waals surface area contributed by atoms with E-state index < -0.39 is 11.5 Å². The van der Waals surface area contributed by atoms with E-state index in [0.29, 0.717) is 17.2 Å². The third-order valence-electron chi connectivity index (χ3n) is 3.55. The van der Waals surface area contributed by atoms with E-state index in [1.165, 1.54) is 6.07 Å². The molecule has 1 aromatic carbocycles. The summed E-state index contributed by atoms with van der Waals surface area (Å²) in [6, 6.07) is 8.19. The number of rotatable bonds is 5. The fourth-order valence-corrected chi connectivity index (χ4v) is 2.28. The maximum absolute atomic E-state index is 12.3. The molecule has 6 nitrogen and oxygen atoms in total. The first-order valence-corrected chi connectivity index (χ1v) is 7.19. The number of benzene rings is 1. The maximum Gasteiger partial charge on any atom is 0.260 e. The van der Waals surface area contributed by atoms with E-state index in [1.807, 2.05) is 6.92 Å². The van der Waals surface area contributed by atoms with Gasteiger partial charge in [0.2, 0.25) is 0 Å². The molecule has 2 aromatic rings. The lowest BCUT2D eigenvalue weighted by molar-refractivity contribution is 0.0938. The molecule has 0 unspecified atom stereocenters. The van der Waals surface area contributed by atoms with Crippen molar-refractivity contribution < 1.29 is 14.3 Å². The molecule has 0 spiro atoms. The zero-order chi connectivity index (χ0) is 17.0. The fourth-order valence-electron chi connectivity index (χ4n) is 2.28. The number of ether oxygens (including phenoxy) is 2. The fraction of sp³-hybridized carbons (Fsp3) is 0.294. The summed E-state index contributed by atoms with van der Waals surface area (Å²) in [5, 5.41) is 2.80. The largest absolute Gasteiger partial charge is 0.497 e. The van der Waals surface area contributed by atoms with Crippen LogP contribution in [0, 0.1) is 6.92 Å². The molecule has 2 rings (SSSR count). The molecular formula is C17H20N2O4. The summed E-state index contributed by atoms with van der Waals surface area (Å²) in [4.78, 5) is 26.8. The highest BCUT2D eigenvalue weighted by Gasteiger charge is 2.18. The second-order valence-corrected chi connectivity index (χ2v) is 5.19. The number of carbonyl (C=O) groups is 1. The number of nitrogens with one attached hydrogen (secondary N) is 2. The van der Waals surface area contributed by atoms with Gasteiger partial charge in [-0.1, -0.05) is 0 Å². The van der Waals surface area contributed by atoms with Crippen LogP contribution in [0.4, 0.5) is 0 Å². The van der Waals surface area contributed by atoms with Crippen LogP contribution in [0.1, 0.15) is 34.6 Å². The van der Waals surface area contributed by atoms with Crippen LogP contribution in [0.2, 0.25) is 0 Å². The van der Waals surface area contributed by atoms with Crippen LogP contribution in [0.3, 0.4) is 0 Å². The van der Waals surface area contributed by atoms with Gasteiger partial charge in [-0.3, -0.25) is 9.59 Å². The Kier molecular flexibility index (Phi) is 5.05. The van der Waals surface area contributed by atoms with E-state index in [-0.39, 0.29) is 11.6 Å². The standard InChI is InChI=1S/C17H20N2O4/c1-10-5-7-13(16(20)18-10)17(21)19-11(2)14-9-12(22-3)6-8-15(14)23-4/h5-9,11H,1-4H3,(H,18,20)(H,19,21)/t11-/m1/s1. The zero-order valence-corrected chi connectivity index (χ0v) is 13.6. The quantitative estimate of drug-likeness (QED) is 0.886. The molecule has 0 fully saturated rings. The highest BCUT2D eigenvalue weighted by Crippen LogP contribution is 2.29. The molecule has 0 radical (unpaired) electrons. The first kappa shape index (κ1) is 16.6. The summed E-state index contributed by atoms with van der Waals surface area (Å²) < 4.78 is 10.5. The van der Waals surface area contributed by atoms with Crippen molar-refractivity contribution in [3.05, 3.63) is 57.5 Å². The third kappa shape index (κ3) is 3.71. The van der Waals surface area contributed by atoms with E-state index in [9.17, 15) is 9.59 Å². The smallest absolute Gasteiger partial charge is 0.260 e. The Morgan fingerprint density at radius 3 is 2.52 bits per heavy atom. The van der Waals surface area contributed by atoms with Crippen molar-refractivity contribution in [1.82, 2.24) is 10.3 Å². The van der Waals surface area contributed by atoms with Crippen LogP contribution in [-0.4, -0.2) is 25.1 Å². The Morgan fingerprint density at radius 1 is 1.17 bits per heavy atom.